The Bertz CT molecular complexity index is 320. The second-order valence-corrected chi connectivity index (χ2v) is 5.67. The van der Waals surface area contributed by atoms with Crippen LogP contribution in [0, 0.1) is 0 Å². The molecule has 0 radical (unpaired) electrons. The van der Waals surface area contributed by atoms with E-state index < -0.39 is 5.60 Å². The minimum absolute atomic E-state index is 0.363. The van der Waals surface area contributed by atoms with E-state index in [1.165, 1.54) is 4.88 Å². The summed E-state index contributed by atoms with van der Waals surface area (Å²) >= 11 is 1.77. The van der Waals surface area contributed by atoms with Gasteiger partial charge in [0, 0.05) is 43.5 Å². The molecule has 4 heteroatoms. The van der Waals surface area contributed by atoms with Gasteiger partial charge in [0.2, 0.25) is 0 Å². The Kier molecular flexibility index (Phi) is 4.56. The lowest BCUT2D eigenvalue weighted by molar-refractivity contribution is -0.0628. The van der Waals surface area contributed by atoms with Crippen LogP contribution in [0.15, 0.2) is 17.5 Å². The normalized spacial score (nSPS) is 21.3. The molecule has 0 aromatic carbocycles. The lowest BCUT2D eigenvalue weighted by atomic mass is 9.94. The van der Waals surface area contributed by atoms with Crippen LogP contribution in [0.3, 0.4) is 0 Å². The van der Waals surface area contributed by atoms with Crippen molar-refractivity contribution >= 4 is 11.3 Å². The van der Waals surface area contributed by atoms with Crippen molar-refractivity contribution in [2.75, 3.05) is 19.8 Å². The van der Waals surface area contributed by atoms with Crippen molar-refractivity contribution in [3.8, 4) is 0 Å². The van der Waals surface area contributed by atoms with Gasteiger partial charge in [-0.3, -0.25) is 0 Å². The summed E-state index contributed by atoms with van der Waals surface area (Å²) in [5.41, 5.74) is -0.580. The Hall–Kier alpha value is -0.420. The molecule has 0 bridgehead atoms. The fourth-order valence-corrected chi connectivity index (χ4v) is 3.06. The van der Waals surface area contributed by atoms with Gasteiger partial charge in [-0.05, 0) is 17.9 Å². The van der Waals surface area contributed by atoms with Gasteiger partial charge in [0.15, 0.2) is 0 Å². The van der Waals surface area contributed by atoms with Crippen molar-refractivity contribution in [3.63, 3.8) is 0 Å². The Morgan fingerprint density at radius 1 is 1.53 bits per heavy atom. The fraction of sp³-hybridized carbons (Fsp3) is 0.692. The molecule has 1 aromatic heterocycles. The van der Waals surface area contributed by atoms with Crippen molar-refractivity contribution in [2.45, 2.75) is 37.8 Å². The molecule has 0 spiro atoms. The van der Waals surface area contributed by atoms with Gasteiger partial charge < -0.3 is 15.2 Å². The van der Waals surface area contributed by atoms with Gasteiger partial charge in [0.25, 0.3) is 0 Å². The van der Waals surface area contributed by atoms with Crippen molar-refractivity contribution in [1.82, 2.24) is 5.32 Å². The average Bonchev–Trinajstić information content (AvgIpc) is 2.84. The number of rotatable bonds is 5. The summed E-state index contributed by atoms with van der Waals surface area (Å²) in [6.07, 6.45) is 2.52. The Labute approximate surface area is 107 Å². The molecular formula is C13H21NO2S. The lowest BCUT2D eigenvalue weighted by Gasteiger charge is -2.33. The molecule has 2 heterocycles. The Morgan fingerprint density at radius 3 is 2.88 bits per heavy atom. The molecule has 3 nitrogen and oxygen atoms in total. The van der Waals surface area contributed by atoms with Crippen LogP contribution in [-0.2, 0) is 4.74 Å². The predicted octanol–water partition coefficient (Wildman–Crippen LogP) is 2.33. The molecule has 2 N–H and O–H groups in total. The van der Waals surface area contributed by atoms with Gasteiger partial charge in [-0.2, -0.15) is 0 Å². The summed E-state index contributed by atoms with van der Waals surface area (Å²) in [7, 11) is 0. The first-order chi connectivity index (χ1) is 8.23. The van der Waals surface area contributed by atoms with E-state index in [-0.39, 0.29) is 0 Å². The smallest absolute Gasteiger partial charge is 0.0815 e. The molecule has 2 rings (SSSR count). The highest BCUT2D eigenvalue weighted by atomic mass is 32.1. The molecule has 1 unspecified atom stereocenters. The van der Waals surface area contributed by atoms with E-state index in [9.17, 15) is 5.11 Å². The van der Waals surface area contributed by atoms with Crippen molar-refractivity contribution in [1.29, 1.82) is 0 Å². The van der Waals surface area contributed by atoms with Crippen LogP contribution in [0.25, 0.3) is 0 Å². The van der Waals surface area contributed by atoms with Gasteiger partial charge in [0.1, 0.15) is 0 Å². The number of thiophene rings is 1. The van der Waals surface area contributed by atoms with E-state index in [2.05, 4.69) is 29.8 Å². The zero-order chi connectivity index (χ0) is 12.1. The summed E-state index contributed by atoms with van der Waals surface area (Å²) in [6, 6.07) is 4.59. The first-order valence-corrected chi connectivity index (χ1v) is 7.18. The summed E-state index contributed by atoms with van der Waals surface area (Å²) in [5, 5.41) is 16.0. The minimum atomic E-state index is -0.580. The Morgan fingerprint density at radius 2 is 2.29 bits per heavy atom. The monoisotopic (exact) mass is 255 g/mol. The van der Waals surface area contributed by atoms with E-state index in [4.69, 9.17) is 4.74 Å². The van der Waals surface area contributed by atoms with E-state index in [0.717, 1.165) is 19.3 Å². The van der Waals surface area contributed by atoms with E-state index in [1.807, 2.05) is 0 Å². The molecular weight excluding hydrogens is 234 g/mol. The highest BCUT2D eigenvalue weighted by Crippen LogP contribution is 2.24. The van der Waals surface area contributed by atoms with Gasteiger partial charge in [0.05, 0.1) is 5.60 Å². The molecule has 0 amide bonds. The molecule has 1 aromatic rings. The van der Waals surface area contributed by atoms with Crippen molar-refractivity contribution in [3.05, 3.63) is 22.4 Å². The zero-order valence-corrected chi connectivity index (χ0v) is 11.1. The third kappa shape index (κ3) is 3.52. The lowest BCUT2D eigenvalue weighted by Crippen LogP contribution is -2.45. The number of hydrogen-bond donors (Lipinski definition) is 2. The summed E-state index contributed by atoms with van der Waals surface area (Å²) in [5.74, 6) is 0. The molecule has 1 saturated heterocycles. The highest BCUT2D eigenvalue weighted by Gasteiger charge is 2.30. The van der Waals surface area contributed by atoms with E-state index >= 15 is 0 Å². The molecule has 0 saturated carbocycles. The summed E-state index contributed by atoms with van der Waals surface area (Å²) in [4.78, 5) is 1.35. The standard InChI is InChI=1S/C13H21NO2S/c1-2-11(12-4-3-9-17-12)14-10-13(15)5-7-16-8-6-13/h3-4,9,11,14-15H,2,5-8,10H2,1H3. The predicted molar refractivity (Wildman–Crippen MR) is 70.4 cm³/mol. The van der Waals surface area contributed by atoms with Gasteiger partial charge in [-0.25, -0.2) is 0 Å². The first kappa shape index (κ1) is 13.0. The zero-order valence-electron chi connectivity index (χ0n) is 10.3. The quantitative estimate of drug-likeness (QED) is 0.848. The van der Waals surface area contributed by atoms with Crippen LogP contribution in [0.2, 0.25) is 0 Å². The number of aliphatic hydroxyl groups is 1. The first-order valence-electron chi connectivity index (χ1n) is 6.30. The van der Waals surface area contributed by atoms with Crippen LogP contribution in [0.1, 0.15) is 37.1 Å². The highest BCUT2D eigenvalue weighted by molar-refractivity contribution is 7.10. The third-order valence-electron chi connectivity index (χ3n) is 3.40. The number of ether oxygens (including phenoxy) is 1. The molecule has 0 aliphatic carbocycles. The van der Waals surface area contributed by atoms with Crippen LogP contribution < -0.4 is 5.32 Å². The van der Waals surface area contributed by atoms with Crippen molar-refractivity contribution < 1.29 is 9.84 Å². The maximum atomic E-state index is 10.4. The molecule has 1 fully saturated rings. The van der Waals surface area contributed by atoms with Crippen molar-refractivity contribution in [2.24, 2.45) is 0 Å². The third-order valence-corrected chi connectivity index (χ3v) is 4.38. The van der Waals surface area contributed by atoms with Gasteiger partial charge in [-0.15, -0.1) is 11.3 Å². The molecule has 1 atom stereocenters. The second kappa shape index (κ2) is 5.96. The molecule has 96 valence electrons. The SMILES string of the molecule is CCC(NCC1(O)CCOCC1)c1cccs1. The fourth-order valence-electron chi connectivity index (χ4n) is 2.18. The van der Waals surface area contributed by atoms with Gasteiger partial charge in [-0.1, -0.05) is 13.0 Å². The maximum absolute atomic E-state index is 10.4. The van der Waals surface area contributed by atoms with Crippen LogP contribution in [-0.4, -0.2) is 30.5 Å². The Balaban J connectivity index is 1.87. The average molecular weight is 255 g/mol. The topological polar surface area (TPSA) is 41.5 Å². The molecule has 17 heavy (non-hydrogen) atoms. The van der Waals surface area contributed by atoms with E-state index in [1.54, 1.807) is 11.3 Å². The molecule has 1 aliphatic heterocycles. The van der Waals surface area contributed by atoms with Gasteiger partial charge >= 0.3 is 0 Å². The molecule has 1 aliphatic rings. The number of hydrogen-bond acceptors (Lipinski definition) is 4. The van der Waals surface area contributed by atoms with Crippen LogP contribution in [0.5, 0.6) is 0 Å². The van der Waals surface area contributed by atoms with Crippen LogP contribution in [0.4, 0.5) is 0 Å². The summed E-state index contributed by atoms with van der Waals surface area (Å²) < 4.78 is 5.28. The maximum Gasteiger partial charge on any atom is 0.0815 e. The number of nitrogens with one attached hydrogen (secondary N) is 1. The summed E-state index contributed by atoms with van der Waals surface area (Å²) in [6.45, 7) is 4.18. The van der Waals surface area contributed by atoms with E-state index in [0.29, 0.717) is 25.8 Å². The largest absolute Gasteiger partial charge is 0.388 e. The second-order valence-electron chi connectivity index (χ2n) is 4.69. The minimum Gasteiger partial charge on any atom is -0.388 e. The van der Waals surface area contributed by atoms with Crippen LogP contribution >= 0.6 is 11.3 Å².